The van der Waals surface area contributed by atoms with Crippen LogP contribution in [0.4, 0.5) is 10.6 Å². The number of anilines is 1. The van der Waals surface area contributed by atoms with E-state index in [0.29, 0.717) is 42.1 Å². The van der Waals surface area contributed by atoms with Crippen LogP contribution < -0.4 is 10.1 Å². The van der Waals surface area contributed by atoms with Crippen LogP contribution in [0.15, 0.2) is 60.7 Å². The first-order valence-electron chi connectivity index (χ1n) is 11.4. The van der Waals surface area contributed by atoms with Gasteiger partial charge in [0, 0.05) is 31.5 Å². The van der Waals surface area contributed by atoms with Gasteiger partial charge in [-0.2, -0.15) is 5.26 Å². The highest BCUT2D eigenvalue weighted by Gasteiger charge is 2.28. The summed E-state index contributed by atoms with van der Waals surface area (Å²) in [7, 11) is 0. The summed E-state index contributed by atoms with van der Waals surface area (Å²) in [6.07, 6.45) is 0.434. The van der Waals surface area contributed by atoms with Crippen molar-refractivity contribution < 1.29 is 19.4 Å². The predicted octanol–water partition coefficient (Wildman–Crippen LogP) is 5.02. The number of hydrogen-bond acceptors (Lipinski definition) is 5. The van der Waals surface area contributed by atoms with E-state index in [1.165, 1.54) is 11.8 Å². The third-order valence-corrected chi connectivity index (χ3v) is 5.99. The summed E-state index contributed by atoms with van der Waals surface area (Å²) in [6, 6.07) is 21.3. The van der Waals surface area contributed by atoms with E-state index in [1.54, 1.807) is 0 Å². The molecule has 0 bridgehead atoms. The van der Waals surface area contributed by atoms with Crippen LogP contribution in [-0.2, 0) is 11.4 Å². The van der Waals surface area contributed by atoms with Crippen LogP contribution in [0.2, 0.25) is 0 Å². The van der Waals surface area contributed by atoms with Crippen molar-refractivity contribution in [1.82, 2.24) is 9.88 Å². The average molecular weight is 471 g/mol. The van der Waals surface area contributed by atoms with E-state index < -0.39 is 6.09 Å². The number of para-hydroxylation sites is 1. The van der Waals surface area contributed by atoms with Crippen molar-refractivity contribution in [3.05, 3.63) is 77.4 Å². The molecule has 1 atom stereocenters. The maximum absolute atomic E-state index is 11.9. The van der Waals surface area contributed by atoms with Gasteiger partial charge in [-0.3, -0.25) is 4.79 Å². The monoisotopic (exact) mass is 470 g/mol. The van der Waals surface area contributed by atoms with Crippen LogP contribution in [0, 0.1) is 11.3 Å². The molecule has 8 nitrogen and oxygen atoms in total. The quantitative estimate of drug-likeness (QED) is 0.523. The Bertz CT molecular complexity index is 1270. The lowest BCUT2D eigenvalue weighted by Crippen LogP contribution is -2.38. The van der Waals surface area contributed by atoms with Gasteiger partial charge in [-0.1, -0.05) is 42.5 Å². The molecular formula is C27H26N4O4. The summed E-state index contributed by atoms with van der Waals surface area (Å²) in [5.41, 5.74) is 3.20. The molecule has 0 spiro atoms. The number of aromatic nitrogens is 1. The largest absolute Gasteiger partial charge is 0.488 e. The van der Waals surface area contributed by atoms with Crippen molar-refractivity contribution >= 4 is 17.8 Å². The van der Waals surface area contributed by atoms with E-state index >= 15 is 0 Å². The Labute approximate surface area is 203 Å². The summed E-state index contributed by atoms with van der Waals surface area (Å²) in [6.45, 7) is 2.47. The van der Waals surface area contributed by atoms with E-state index in [0.717, 1.165) is 12.0 Å². The highest BCUT2D eigenvalue weighted by atomic mass is 16.5. The molecule has 2 amide bonds. The highest BCUT2D eigenvalue weighted by molar-refractivity contribution is 5.90. The molecule has 2 aromatic carbocycles. The van der Waals surface area contributed by atoms with Crippen molar-refractivity contribution in [2.24, 2.45) is 0 Å². The number of carbonyl (C=O) groups is 2. The number of ether oxygens (including phenoxy) is 1. The molecule has 1 saturated heterocycles. The van der Waals surface area contributed by atoms with Gasteiger partial charge in [0.15, 0.2) is 5.82 Å². The third-order valence-electron chi connectivity index (χ3n) is 5.99. The number of amides is 2. The SMILES string of the molecule is CC(=O)Nc1nc(-c2ccccc2OCc2ccccc2)cc(C2CCCN(C(=O)O)C2)c1C#N. The fraction of sp³-hybridized carbons (Fsp3) is 0.259. The lowest BCUT2D eigenvalue weighted by atomic mass is 9.87. The Morgan fingerprint density at radius 1 is 1.20 bits per heavy atom. The number of hydrogen-bond donors (Lipinski definition) is 2. The standard InChI is InChI=1S/C27H26N4O4/c1-18(32)29-26-23(15-28)22(20-10-7-13-31(16-20)27(33)34)14-24(30-26)21-11-5-6-12-25(21)35-17-19-8-3-2-4-9-19/h2-6,8-9,11-12,14,20H,7,10,13,16-17H2,1H3,(H,33,34)(H,29,30,32). The van der Waals surface area contributed by atoms with Gasteiger partial charge in [-0.15, -0.1) is 0 Å². The Hall–Kier alpha value is -4.38. The van der Waals surface area contributed by atoms with E-state index in [-0.39, 0.29) is 29.8 Å². The van der Waals surface area contributed by atoms with Gasteiger partial charge in [0.25, 0.3) is 0 Å². The number of benzene rings is 2. The number of carboxylic acid groups (broad SMARTS) is 1. The lowest BCUT2D eigenvalue weighted by molar-refractivity contribution is -0.114. The van der Waals surface area contributed by atoms with E-state index in [9.17, 15) is 20.0 Å². The molecule has 178 valence electrons. The summed E-state index contributed by atoms with van der Waals surface area (Å²) >= 11 is 0. The number of nitriles is 1. The molecule has 8 heteroatoms. The molecule has 4 rings (SSSR count). The molecule has 1 unspecified atom stereocenters. The molecule has 2 N–H and O–H groups in total. The Morgan fingerprint density at radius 2 is 1.94 bits per heavy atom. The molecule has 0 saturated carbocycles. The van der Waals surface area contributed by atoms with Crippen molar-refractivity contribution in [2.75, 3.05) is 18.4 Å². The number of carbonyl (C=O) groups excluding carboxylic acids is 1. The molecule has 1 fully saturated rings. The fourth-order valence-electron chi connectivity index (χ4n) is 4.34. The molecule has 1 aromatic heterocycles. The molecule has 2 heterocycles. The summed E-state index contributed by atoms with van der Waals surface area (Å²) in [5, 5.41) is 22.1. The maximum Gasteiger partial charge on any atom is 0.407 e. The predicted molar refractivity (Wildman–Crippen MR) is 131 cm³/mol. The first kappa shape index (κ1) is 23.8. The lowest BCUT2D eigenvalue weighted by Gasteiger charge is -2.31. The van der Waals surface area contributed by atoms with Crippen LogP contribution in [-0.4, -0.2) is 40.1 Å². The van der Waals surface area contributed by atoms with Crippen LogP contribution in [0.1, 0.15) is 42.4 Å². The van der Waals surface area contributed by atoms with Gasteiger partial charge >= 0.3 is 6.09 Å². The van der Waals surface area contributed by atoms with Crippen LogP contribution in [0.25, 0.3) is 11.3 Å². The van der Waals surface area contributed by atoms with Crippen LogP contribution >= 0.6 is 0 Å². The molecule has 3 aromatic rings. The van der Waals surface area contributed by atoms with E-state index in [1.807, 2.05) is 60.7 Å². The fourth-order valence-corrected chi connectivity index (χ4v) is 4.34. The summed E-state index contributed by atoms with van der Waals surface area (Å²) in [5.74, 6) is 0.240. The minimum atomic E-state index is -0.982. The molecule has 0 radical (unpaired) electrons. The molecule has 0 aliphatic carbocycles. The smallest absolute Gasteiger partial charge is 0.407 e. The minimum absolute atomic E-state index is 0.165. The first-order chi connectivity index (χ1) is 17.0. The van der Waals surface area contributed by atoms with Crippen molar-refractivity contribution in [2.45, 2.75) is 32.3 Å². The number of piperidine rings is 1. The minimum Gasteiger partial charge on any atom is -0.488 e. The average Bonchev–Trinajstić information content (AvgIpc) is 2.87. The Kier molecular flexibility index (Phi) is 7.27. The highest BCUT2D eigenvalue weighted by Crippen LogP contribution is 2.37. The van der Waals surface area contributed by atoms with Gasteiger partial charge in [0.2, 0.25) is 5.91 Å². The second-order valence-electron chi connectivity index (χ2n) is 8.45. The van der Waals surface area contributed by atoms with Gasteiger partial charge in [0.1, 0.15) is 18.4 Å². The van der Waals surface area contributed by atoms with Gasteiger partial charge < -0.3 is 20.1 Å². The van der Waals surface area contributed by atoms with Crippen LogP contribution in [0.5, 0.6) is 5.75 Å². The number of nitrogens with one attached hydrogen (secondary N) is 1. The molecule has 1 aliphatic rings. The van der Waals surface area contributed by atoms with Gasteiger partial charge in [-0.25, -0.2) is 9.78 Å². The third kappa shape index (κ3) is 5.58. The summed E-state index contributed by atoms with van der Waals surface area (Å²) < 4.78 is 6.11. The molecule has 35 heavy (non-hydrogen) atoms. The first-order valence-corrected chi connectivity index (χ1v) is 11.4. The zero-order valence-corrected chi connectivity index (χ0v) is 19.4. The number of nitrogens with zero attached hydrogens (tertiary/aromatic N) is 3. The summed E-state index contributed by atoms with van der Waals surface area (Å²) in [4.78, 5) is 29.5. The van der Waals surface area contributed by atoms with Crippen LogP contribution in [0.3, 0.4) is 0 Å². The van der Waals surface area contributed by atoms with Crippen molar-refractivity contribution in [3.63, 3.8) is 0 Å². The topological polar surface area (TPSA) is 116 Å². The van der Waals surface area contributed by atoms with Gasteiger partial charge in [-0.05, 0) is 42.2 Å². The maximum atomic E-state index is 11.9. The molecular weight excluding hydrogens is 444 g/mol. The Balaban J connectivity index is 1.77. The number of likely N-dealkylation sites (tertiary alicyclic amines) is 1. The normalized spacial score (nSPS) is 15.2. The Morgan fingerprint density at radius 3 is 2.66 bits per heavy atom. The van der Waals surface area contributed by atoms with E-state index in [2.05, 4.69) is 16.4 Å². The number of pyridine rings is 1. The zero-order valence-electron chi connectivity index (χ0n) is 19.4. The van der Waals surface area contributed by atoms with E-state index in [4.69, 9.17) is 4.74 Å². The van der Waals surface area contributed by atoms with Gasteiger partial charge in [0.05, 0.1) is 11.3 Å². The second-order valence-corrected chi connectivity index (χ2v) is 8.45. The van der Waals surface area contributed by atoms with Crippen molar-refractivity contribution in [3.8, 4) is 23.1 Å². The molecule has 1 aliphatic heterocycles. The zero-order chi connectivity index (χ0) is 24.8. The second kappa shape index (κ2) is 10.7. The number of rotatable bonds is 6. The van der Waals surface area contributed by atoms with Crippen molar-refractivity contribution in [1.29, 1.82) is 5.26 Å².